The van der Waals surface area contributed by atoms with E-state index in [9.17, 15) is 9.59 Å². The van der Waals surface area contributed by atoms with Crippen molar-refractivity contribution in [1.82, 2.24) is 15.2 Å². The third-order valence-electron chi connectivity index (χ3n) is 5.39. The molecule has 0 atom stereocenters. The van der Waals surface area contributed by atoms with Crippen molar-refractivity contribution in [2.24, 2.45) is 5.92 Å². The number of imide groups is 1. The van der Waals surface area contributed by atoms with E-state index in [0.717, 1.165) is 37.0 Å². The molecule has 25 heavy (non-hydrogen) atoms. The van der Waals surface area contributed by atoms with E-state index >= 15 is 0 Å². The first-order valence-corrected chi connectivity index (χ1v) is 9.61. The molecule has 132 valence electrons. The molecule has 2 aromatic heterocycles. The van der Waals surface area contributed by atoms with Gasteiger partial charge >= 0.3 is 6.03 Å². The van der Waals surface area contributed by atoms with Crippen LogP contribution in [0.25, 0.3) is 10.8 Å². The zero-order valence-electron chi connectivity index (χ0n) is 14.2. The highest BCUT2D eigenvalue weighted by molar-refractivity contribution is 7.13. The highest BCUT2D eigenvalue weighted by Gasteiger charge is 2.52. The average molecular weight is 359 g/mol. The molecule has 6 nitrogen and oxygen atoms in total. The van der Waals surface area contributed by atoms with Crippen LogP contribution >= 0.6 is 11.3 Å². The molecule has 0 unspecified atom stereocenters. The Morgan fingerprint density at radius 1 is 1.40 bits per heavy atom. The molecule has 0 radical (unpaired) electrons. The summed E-state index contributed by atoms with van der Waals surface area (Å²) in [6, 6.07) is 3.54. The number of oxazole rings is 1. The SMILES string of the molecule is CCC1CCC2(CC1)NC(=O)N(Cc1coc(-c3cccs3)n1)C2=O. The number of urea groups is 1. The fourth-order valence-electron chi connectivity index (χ4n) is 3.79. The minimum Gasteiger partial charge on any atom is -0.443 e. The number of carbonyl (C=O) groups excluding carboxylic acids is 2. The molecule has 7 heteroatoms. The molecule has 0 aromatic carbocycles. The first-order chi connectivity index (χ1) is 12.1. The summed E-state index contributed by atoms with van der Waals surface area (Å²) < 4.78 is 5.49. The first-order valence-electron chi connectivity index (χ1n) is 8.74. The normalized spacial score (nSPS) is 26.4. The molecule has 3 amide bonds. The number of hydrogen-bond acceptors (Lipinski definition) is 5. The number of aromatic nitrogens is 1. The number of amides is 3. The van der Waals surface area contributed by atoms with Crippen LogP contribution < -0.4 is 5.32 Å². The van der Waals surface area contributed by atoms with E-state index < -0.39 is 5.54 Å². The molecule has 1 saturated heterocycles. The van der Waals surface area contributed by atoms with Gasteiger partial charge in [-0.3, -0.25) is 9.69 Å². The molecule has 2 aliphatic rings. The zero-order chi connectivity index (χ0) is 17.4. The quantitative estimate of drug-likeness (QED) is 0.843. The summed E-state index contributed by atoms with van der Waals surface area (Å²) >= 11 is 1.54. The van der Waals surface area contributed by atoms with E-state index in [1.54, 1.807) is 0 Å². The minimum absolute atomic E-state index is 0.118. The second-order valence-corrected chi connectivity index (χ2v) is 7.82. The molecule has 1 saturated carbocycles. The van der Waals surface area contributed by atoms with Crippen molar-refractivity contribution in [3.05, 3.63) is 29.5 Å². The third kappa shape index (κ3) is 2.86. The van der Waals surface area contributed by atoms with Crippen LogP contribution in [0.4, 0.5) is 4.79 Å². The van der Waals surface area contributed by atoms with E-state index in [-0.39, 0.29) is 18.5 Å². The van der Waals surface area contributed by atoms with E-state index in [2.05, 4.69) is 17.2 Å². The lowest BCUT2D eigenvalue weighted by atomic mass is 9.75. The van der Waals surface area contributed by atoms with Gasteiger partial charge in [-0.05, 0) is 43.0 Å². The Hall–Kier alpha value is -2.15. The van der Waals surface area contributed by atoms with E-state index in [1.807, 2.05) is 17.5 Å². The van der Waals surface area contributed by atoms with Gasteiger partial charge in [0.2, 0.25) is 5.89 Å². The first kappa shape index (κ1) is 16.3. The van der Waals surface area contributed by atoms with Crippen molar-refractivity contribution in [1.29, 1.82) is 0 Å². The Bertz CT molecular complexity index is 775. The number of rotatable bonds is 4. The Kier molecular flexibility index (Phi) is 4.11. The number of carbonyl (C=O) groups is 2. The van der Waals surface area contributed by atoms with E-state index in [4.69, 9.17) is 4.42 Å². The van der Waals surface area contributed by atoms with Gasteiger partial charge in [0.25, 0.3) is 5.91 Å². The highest BCUT2D eigenvalue weighted by atomic mass is 32.1. The van der Waals surface area contributed by atoms with Gasteiger partial charge in [-0.1, -0.05) is 19.4 Å². The second-order valence-electron chi connectivity index (χ2n) is 6.88. The van der Waals surface area contributed by atoms with Crippen LogP contribution in [-0.2, 0) is 11.3 Å². The smallest absolute Gasteiger partial charge is 0.325 e. The lowest BCUT2D eigenvalue weighted by Gasteiger charge is -2.34. The lowest BCUT2D eigenvalue weighted by Crippen LogP contribution is -2.49. The summed E-state index contributed by atoms with van der Waals surface area (Å²) in [5, 5.41) is 4.90. The number of nitrogens with one attached hydrogen (secondary N) is 1. The van der Waals surface area contributed by atoms with E-state index in [0.29, 0.717) is 17.5 Å². The third-order valence-corrected chi connectivity index (χ3v) is 6.24. The minimum atomic E-state index is -0.705. The van der Waals surface area contributed by atoms with Crippen LogP contribution in [0.1, 0.15) is 44.7 Å². The Morgan fingerprint density at radius 2 is 2.20 bits per heavy atom. The summed E-state index contributed by atoms with van der Waals surface area (Å²) in [7, 11) is 0. The fourth-order valence-corrected chi connectivity index (χ4v) is 4.45. The molecule has 1 aliphatic carbocycles. The molecular weight excluding hydrogens is 338 g/mol. The molecule has 0 bridgehead atoms. The number of hydrogen-bond donors (Lipinski definition) is 1. The van der Waals surface area contributed by atoms with Crippen LogP contribution in [-0.4, -0.2) is 27.4 Å². The predicted molar refractivity (Wildman–Crippen MR) is 93.9 cm³/mol. The molecule has 2 aromatic rings. The van der Waals surface area contributed by atoms with Crippen LogP contribution in [0.2, 0.25) is 0 Å². The highest BCUT2D eigenvalue weighted by Crippen LogP contribution is 2.38. The fraction of sp³-hybridized carbons (Fsp3) is 0.500. The number of nitrogens with zero attached hydrogens (tertiary/aromatic N) is 2. The van der Waals surface area contributed by atoms with Gasteiger partial charge in [-0.2, -0.15) is 0 Å². The van der Waals surface area contributed by atoms with Gasteiger partial charge < -0.3 is 9.73 Å². The molecule has 2 fully saturated rings. The Balaban J connectivity index is 1.48. The van der Waals surface area contributed by atoms with Crippen LogP contribution in [0.3, 0.4) is 0 Å². The molecule has 1 aliphatic heterocycles. The van der Waals surface area contributed by atoms with Gasteiger partial charge in [-0.25, -0.2) is 9.78 Å². The maximum atomic E-state index is 12.9. The summed E-state index contributed by atoms with van der Waals surface area (Å²) in [4.78, 5) is 31.9. The average Bonchev–Trinajstić information content (AvgIpc) is 3.34. The summed E-state index contributed by atoms with van der Waals surface area (Å²) in [6.07, 6.45) is 6.09. The summed E-state index contributed by atoms with van der Waals surface area (Å²) in [5.41, 5.74) is -0.116. The zero-order valence-corrected chi connectivity index (χ0v) is 15.0. The summed E-state index contributed by atoms with van der Waals surface area (Å²) in [5.74, 6) is 1.07. The van der Waals surface area contributed by atoms with Crippen molar-refractivity contribution >= 4 is 23.3 Å². The van der Waals surface area contributed by atoms with Crippen molar-refractivity contribution in [3.63, 3.8) is 0 Å². The predicted octanol–water partition coefficient (Wildman–Crippen LogP) is 3.79. The van der Waals surface area contributed by atoms with Gasteiger partial charge in [0.05, 0.1) is 17.1 Å². The molecule has 1 N–H and O–H groups in total. The monoisotopic (exact) mass is 359 g/mol. The van der Waals surface area contributed by atoms with Gasteiger partial charge in [-0.15, -0.1) is 11.3 Å². The second kappa shape index (κ2) is 6.29. The van der Waals surface area contributed by atoms with E-state index in [1.165, 1.54) is 22.5 Å². The Labute approximate surface area is 150 Å². The van der Waals surface area contributed by atoms with Crippen molar-refractivity contribution in [3.8, 4) is 10.8 Å². The topological polar surface area (TPSA) is 75.4 Å². The van der Waals surface area contributed by atoms with Gasteiger partial charge in [0.15, 0.2) is 0 Å². The largest absolute Gasteiger partial charge is 0.443 e. The van der Waals surface area contributed by atoms with Crippen molar-refractivity contribution in [2.75, 3.05) is 0 Å². The van der Waals surface area contributed by atoms with Crippen LogP contribution in [0, 0.1) is 5.92 Å². The van der Waals surface area contributed by atoms with Gasteiger partial charge in [0.1, 0.15) is 11.8 Å². The molecule has 3 heterocycles. The van der Waals surface area contributed by atoms with Crippen molar-refractivity contribution < 1.29 is 14.0 Å². The molecular formula is C18H21N3O3S. The number of thiophene rings is 1. The Morgan fingerprint density at radius 3 is 2.88 bits per heavy atom. The maximum Gasteiger partial charge on any atom is 0.325 e. The lowest BCUT2D eigenvalue weighted by molar-refractivity contribution is -0.133. The standard InChI is InChI=1S/C18H21N3O3S/c1-2-12-5-7-18(8-6-12)16(22)21(17(23)20-18)10-13-11-24-15(19-13)14-4-3-9-25-14/h3-4,9,11-12H,2,5-8,10H2,1H3,(H,20,23). The maximum absolute atomic E-state index is 12.9. The van der Waals surface area contributed by atoms with Gasteiger partial charge in [0, 0.05) is 0 Å². The molecule has 4 rings (SSSR count). The van der Waals surface area contributed by atoms with Crippen LogP contribution in [0.5, 0.6) is 0 Å². The van der Waals surface area contributed by atoms with Crippen molar-refractivity contribution in [2.45, 2.75) is 51.1 Å². The molecule has 1 spiro atoms. The summed E-state index contributed by atoms with van der Waals surface area (Å²) in [6.45, 7) is 2.33. The van der Waals surface area contributed by atoms with Crippen LogP contribution in [0.15, 0.2) is 28.2 Å².